The molecule has 2 aromatic rings. The fraction of sp³-hybridized carbons (Fsp3) is 0.483. The number of amides is 3. The molecule has 3 amide bonds. The van der Waals surface area contributed by atoms with Gasteiger partial charge in [0.25, 0.3) is 5.91 Å². The predicted octanol–water partition coefficient (Wildman–Crippen LogP) is 5.20. The Labute approximate surface area is 230 Å². The molecule has 0 bridgehead atoms. The van der Waals surface area contributed by atoms with Crippen LogP contribution in [0.2, 0.25) is 0 Å². The number of alkyl carbamates (subject to hydrolysis) is 1. The van der Waals surface area contributed by atoms with Crippen LogP contribution in [0.4, 0.5) is 10.5 Å². The molecule has 0 aliphatic heterocycles. The van der Waals surface area contributed by atoms with E-state index in [-0.39, 0.29) is 23.6 Å². The van der Waals surface area contributed by atoms with Gasteiger partial charge in [0.05, 0.1) is 7.11 Å². The van der Waals surface area contributed by atoms with E-state index >= 15 is 0 Å². The van der Waals surface area contributed by atoms with E-state index in [9.17, 15) is 14.4 Å². The summed E-state index contributed by atoms with van der Waals surface area (Å²) in [6.45, 7) is 9.19. The zero-order valence-corrected chi connectivity index (χ0v) is 23.9. The number of methoxy groups -OCH3 is 1. The average molecular weight is 542 g/mol. The number of nitrogens with zero attached hydrogens (tertiary/aromatic N) is 1. The first-order valence-corrected chi connectivity index (χ1v) is 13.5. The third-order valence-electron chi connectivity index (χ3n) is 6.50. The maximum Gasteiger partial charge on any atom is 0.408 e. The van der Waals surface area contributed by atoms with Gasteiger partial charge in [0.1, 0.15) is 23.4 Å². The van der Waals surface area contributed by atoms with Crippen molar-refractivity contribution in [3.63, 3.8) is 0 Å². The van der Waals surface area contributed by atoms with Crippen LogP contribution in [0.3, 0.4) is 0 Å². The summed E-state index contributed by atoms with van der Waals surface area (Å²) in [7, 11) is 1.58. The minimum atomic E-state index is -0.962. The number of carbonyl (C=O) groups excluding carboxylic acids is 3. The Morgan fingerprint density at radius 1 is 1.08 bits per heavy atom. The highest BCUT2D eigenvalue weighted by Crippen LogP contribution is 2.36. The van der Waals surface area contributed by atoms with E-state index < -0.39 is 23.8 Å². The molecule has 9 heteroatoms. The summed E-state index contributed by atoms with van der Waals surface area (Å²) in [5.74, 6) is 0.0223. The zero-order chi connectivity index (χ0) is 28.0. The Morgan fingerprint density at radius 3 is 2.24 bits per heavy atom. The number of thiol groups is 1. The first kappa shape index (κ1) is 29.4. The Morgan fingerprint density at radius 2 is 1.74 bits per heavy atom. The summed E-state index contributed by atoms with van der Waals surface area (Å²) in [6, 6.07) is 10.9. The van der Waals surface area contributed by atoms with E-state index in [4.69, 9.17) is 9.47 Å². The van der Waals surface area contributed by atoms with Gasteiger partial charge in [-0.15, -0.1) is 0 Å². The summed E-state index contributed by atoms with van der Waals surface area (Å²) in [6.07, 6.45) is 1.80. The second kappa shape index (κ2) is 12.6. The minimum Gasteiger partial charge on any atom is -0.497 e. The highest BCUT2D eigenvalue weighted by molar-refractivity contribution is 7.80. The molecule has 206 valence electrons. The lowest BCUT2D eigenvalue weighted by atomic mass is 9.87. The summed E-state index contributed by atoms with van der Waals surface area (Å²) >= 11 is 4.36. The topological polar surface area (TPSA) is 97.0 Å². The van der Waals surface area contributed by atoms with Gasteiger partial charge in [-0.1, -0.05) is 23.8 Å². The van der Waals surface area contributed by atoms with Crippen LogP contribution in [-0.4, -0.2) is 53.4 Å². The number of rotatable bonds is 9. The van der Waals surface area contributed by atoms with Crippen LogP contribution in [0, 0.1) is 13.8 Å². The molecule has 0 saturated heterocycles. The van der Waals surface area contributed by atoms with Gasteiger partial charge in [0, 0.05) is 17.5 Å². The van der Waals surface area contributed by atoms with E-state index in [1.54, 1.807) is 57.0 Å². The van der Waals surface area contributed by atoms with E-state index in [1.807, 2.05) is 32.0 Å². The first-order chi connectivity index (χ1) is 17.9. The molecular weight excluding hydrogens is 502 g/mol. The Hall–Kier alpha value is -3.20. The van der Waals surface area contributed by atoms with Crippen LogP contribution in [0.25, 0.3) is 0 Å². The van der Waals surface area contributed by atoms with Gasteiger partial charge in [-0.2, -0.15) is 12.6 Å². The number of nitrogens with one attached hydrogen (secondary N) is 2. The predicted molar refractivity (Wildman–Crippen MR) is 152 cm³/mol. The number of anilines is 1. The van der Waals surface area contributed by atoms with Gasteiger partial charge < -0.3 is 25.0 Å². The Bertz CT molecular complexity index is 1140. The number of hydrogen-bond donors (Lipinski definition) is 3. The molecular formula is C29H39N3O5S. The highest BCUT2D eigenvalue weighted by Gasteiger charge is 2.42. The molecule has 0 heterocycles. The fourth-order valence-electron chi connectivity index (χ4n) is 4.43. The standard InChI is InChI=1S/C29H39N3O5S/c1-18-10-15-23(19(2)16-18)25(26(33)30-20-11-13-22(36-6)14-12-20)32(21-8-7-9-21)27(34)24(17-38)31-28(35)37-29(3,4)5/h10-16,21,24-25,38H,7-9,17H2,1-6H3,(H,30,33)(H,31,35). The summed E-state index contributed by atoms with van der Waals surface area (Å²) in [5.41, 5.74) is 2.56. The van der Waals surface area contributed by atoms with E-state index in [1.165, 1.54) is 0 Å². The molecule has 2 aromatic carbocycles. The molecule has 0 radical (unpaired) electrons. The van der Waals surface area contributed by atoms with Crippen LogP contribution in [0.1, 0.15) is 62.8 Å². The number of aryl methyl sites for hydroxylation is 2. The van der Waals surface area contributed by atoms with Gasteiger partial charge in [-0.05, 0) is 89.3 Å². The molecule has 1 fully saturated rings. The molecule has 0 spiro atoms. The maximum atomic E-state index is 14.1. The Balaban J connectivity index is 2.00. The lowest BCUT2D eigenvalue weighted by Gasteiger charge is -2.43. The van der Waals surface area contributed by atoms with E-state index in [0.717, 1.165) is 36.0 Å². The largest absolute Gasteiger partial charge is 0.497 e. The first-order valence-electron chi connectivity index (χ1n) is 12.9. The molecule has 2 atom stereocenters. The van der Waals surface area contributed by atoms with Crippen molar-refractivity contribution in [3.05, 3.63) is 59.2 Å². The average Bonchev–Trinajstić information content (AvgIpc) is 2.81. The van der Waals surface area contributed by atoms with E-state index in [0.29, 0.717) is 11.4 Å². The van der Waals surface area contributed by atoms with Crippen molar-refractivity contribution in [2.24, 2.45) is 0 Å². The number of carbonyl (C=O) groups is 3. The second-order valence-electron chi connectivity index (χ2n) is 10.7. The lowest BCUT2D eigenvalue weighted by Crippen LogP contribution is -2.57. The van der Waals surface area contributed by atoms with Gasteiger partial charge in [-0.3, -0.25) is 9.59 Å². The van der Waals surface area contributed by atoms with Crippen molar-refractivity contribution in [2.75, 3.05) is 18.2 Å². The van der Waals surface area contributed by atoms with Crippen molar-refractivity contribution >= 4 is 36.2 Å². The minimum absolute atomic E-state index is 0.0565. The summed E-state index contributed by atoms with van der Waals surface area (Å²) < 4.78 is 10.6. The van der Waals surface area contributed by atoms with Gasteiger partial charge >= 0.3 is 6.09 Å². The van der Waals surface area contributed by atoms with Crippen LogP contribution in [0.15, 0.2) is 42.5 Å². The summed E-state index contributed by atoms with van der Waals surface area (Å²) in [5, 5.41) is 5.64. The van der Waals surface area contributed by atoms with Gasteiger partial charge in [0.15, 0.2) is 0 Å². The maximum absolute atomic E-state index is 14.1. The number of benzene rings is 2. The highest BCUT2D eigenvalue weighted by atomic mass is 32.1. The molecule has 38 heavy (non-hydrogen) atoms. The van der Waals surface area contributed by atoms with Crippen molar-refractivity contribution in [2.45, 2.75) is 77.6 Å². The normalized spacial score (nSPS) is 15.0. The SMILES string of the molecule is COc1ccc(NC(=O)C(c2ccc(C)cc2C)N(C(=O)C(CS)NC(=O)OC(C)(C)C)C2CCC2)cc1. The van der Waals surface area contributed by atoms with Crippen molar-refractivity contribution in [3.8, 4) is 5.75 Å². The molecule has 8 nitrogen and oxygen atoms in total. The lowest BCUT2D eigenvalue weighted by molar-refractivity contribution is -0.145. The van der Waals surface area contributed by atoms with Crippen LogP contribution in [0.5, 0.6) is 5.75 Å². The third-order valence-corrected chi connectivity index (χ3v) is 6.86. The van der Waals surface area contributed by atoms with E-state index in [2.05, 4.69) is 23.3 Å². The summed E-state index contributed by atoms with van der Waals surface area (Å²) in [4.78, 5) is 42.2. The van der Waals surface area contributed by atoms with Crippen LogP contribution >= 0.6 is 12.6 Å². The van der Waals surface area contributed by atoms with Gasteiger partial charge in [-0.25, -0.2) is 4.79 Å². The van der Waals surface area contributed by atoms with Crippen LogP contribution in [-0.2, 0) is 14.3 Å². The van der Waals surface area contributed by atoms with Crippen molar-refractivity contribution in [1.82, 2.24) is 10.2 Å². The Kier molecular flexibility index (Phi) is 9.71. The number of hydrogen-bond acceptors (Lipinski definition) is 6. The molecule has 0 aromatic heterocycles. The molecule has 2 N–H and O–H groups in total. The van der Waals surface area contributed by atoms with Crippen molar-refractivity contribution in [1.29, 1.82) is 0 Å². The van der Waals surface area contributed by atoms with Crippen molar-refractivity contribution < 1.29 is 23.9 Å². The molecule has 3 rings (SSSR count). The molecule has 1 aliphatic carbocycles. The molecule has 2 unspecified atom stereocenters. The monoisotopic (exact) mass is 541 g/mol. The number of ether oxygens (including phenoxy) is 2. The van der Waals surface area contributed by atoms with Crippen LogP contribution < -0.4 is 15.4 Å². The zero-order valence-electron chi connectivity index (χ0n) is 23.0. The second-order valence-corrected chi connectivity index (χ2v) is 11.1. The molecule has 1 saturated carbocycles. The quantitative estimate of drug-likeness (QED) is 0.380. The van der Waals surface area contributed by atoms with Gasteiger partial charge in [0.2, 0.25) is 5.91 Å². The third kappa shape index (κ3) is 7.43. The molecule has 1 aliphatic rings. The smallest absolute Gasteiger partial charge is 0.408 e. The fourth-order valence-corrected chi connectivity index (χ4v) is 4.68.